The second-order valence-electron chi connectivity index (χ2n) is 2.11. The molecule has 0 aromatic heterocycles. The Morgan fingerprint density at radius 1 is 1.70 bits per heavy atom. The van der Waals surface area contributed by atoms with Crippen molar-refractivity contribution in [1.29, 1.82) is 0 Å². The van der Waals surface area contributed by atoms with E-state index in [1.807, 2.05) is 32.9 Å². The number of hydrogen-bond donors (Lipinski definition) is 1. The number of aliphatic imine (C=N–C) groups is 1. The highest BCUT2D eigenvalue weighted by Crippen LogP contribution is 1.90. The molecule has 2 atom stereocenters. The highest BCUT2D eigenvalue weighted by Gasteiger charge is 1.90. The fraction of sp³-hybridized carbons (Fsp3) is 0.571. The van der Waals surface area contributed by atoms with Crippen LogP contribution < -0.4 is 5.09 Å². The summed E-state index contributed by atoms with van der Waals surface area (Å²) in [5.41, 5.74) is 1.05. The van der Waals surface area contributed by atoms with Gasteiger partial charge in [0.05, 0.1) is 6.17 Å². The number of nitrogens with zero attached hydrogens (tertiary/aromatic N) is 1. The molecule has 1 N–H and O–H groups in total. The Kier molecular flexibility index (Phi) is 5.46. The van der Waals surface area contributed by atoms with Gasteiger partial charge >= 0.3 is 0 Å². The first-order chi connectivity index (χ1) is 4.70. The van der Waals surface area contributed by atoms with Crippen LogP contribution >= 0.6 is 9.39 Å². The highest BCUT2D eigenvalue weighted by atomic mass is 31.0. The maximum atomic E-state index is 4.28. The van der Waals surface area contributed by atoms with E-state index in [1.54, 1.807) is 0 Å². The van der Waals surface area contributed by atoms with E-state index in [2.05, 4.69) is 19.5 Å². The SMILES string of the molecule is C/C=C\C(C)=NC(C)NP. The lowest BCUT2D eigenvalue weighted by molar-refractivity contribution is 0.735. The summed E-state index contributed by atoms with van der Waals surface area (Å²) in [7, 11) is 2.44. The summed E-state index contributed by atoms with van der Waals surface area (Å²) >= 11 is 0. The van der Waals surface area contributed by atoms with Gasteiger partial charge in [-0.15, -0.1) is 0 Å². The Bertz CT molecular complexity index is 141. The molecule has 0 saturated heterocycles. The Labute approximate surface area is 65.1 Å². The van der Waals surface area contributed by atoms with Gasteiger partial charge in [-0.2, -0.15) is 0 Å². The molecule has 0 rings (SSSR count). The summed E-state index contributed by atoms with van der Waals surface area (Å²) in [4.78, 5) is 4.28. The molecule has 0 amide bonds. The average Bonchev–Trinajstić information content (AvgIpc) is 1.88. The predicted octanol–water partition coefficient (Wildman–Crippen LogP) is 1.75. The summed E-state index contributed by atoms with van der Waals surface area (Å²) in [6, 6.07) is 0. The van der Waals surface area contributed by atoms with Gasteiger partial charge in [0, 0.05) is 5.71 Å². The number of allylic oxidation sites excluding steroid dienone is 2. The Morgan fingerprint density at radius 2 is 2.30 bits per heavy atom. The second kappa shape index (κ2) is 5.57. The molecular weight excluding hydrogens is 143 g/mol. The van der Waals surface area contributed by atoms with E-state index in [0.29, 0.717) is 0 Å². The van der Waals surface area contributed by atoms with Crippen molar-refractivity contribution in [3.63, 3.8) is 0 Å². The predicted molar refractivity (Wildman–Crippen MR) is 50.2 cm³/mol. The maximum absolute atomic E-state index is 4.28. The quantitative estimate of drug-likeness (QED) is 0.491. The molecule has 2 nitrogen and oxygen atoms in total. The van der Waals surface area contributed by atoms with Gasteiger partial charge in [-0.25, -0.2) is 0 Å². The van der Waals surface area contributed by atoms with Crippen LogP contribution in [0, 0.1) is 0 Å². The van der Waals surface area contributed by atoms with E-state index in [0.717, 1.165) is 5.71 Å². The molecule has 0 aliphatic carbocycles. The minimum atomic E-state index is 0.182. The highest BCUT2D eigenvalue weighted by molar-refractivity contribution is 7.13. The van der Waals surface area contributed by atoms with Crippen molar-refractivity contribution < 1.29 is 0 Å². The molecule has 0 aliphatic rings. The van der Waals surface area contributed by atoms with Gasteiger partial charge in [0.25, 0.3) is 0 Å². The lowest BCUT2D eigenvalue weighted by Crippen LogP contribution is -2.13. The van der Waals surface area contributed by atoms with Crippen molar-refractivity contribution in [3.05, 3.63) is 12.2 Å². The van der Waals surface area contributed by atoms with E-state index >= 15 is 0 Å². The minimum absolute atomic E-state index is 0.182. The lowest BCUT2D eigenvalue weighted by atomic mass is 10.4. The summed E-state index contributed by atoms with van der Waals surface area (Å²) < 4.78 is 0. The summed E-state index contributed by atoms with van der Waals surface area (Å²) in [6.45, 7) is 5.97. The first-order valence-corrected chi connectivity index (χ1v) is 3.91. The van der Waals surface area contributed by atoms with E-state index in [4.69, 9.17) is 0 Å². The van der Waals surface area contributed by atoms with Crippen LogP contribution in [0.2, 0.25) is 0 Å². The van der Waals surface area contributed by atoms with Crippen LogP contribution in [0.4, 0.5) is 0 Å². The molecule has 58 valence electrons. The fourth-order valence-corrected chi connectivity index (χ4v) is 0.701. The number of rotatable bonds is 3. The van der Waals surface area contributed by atoms with Gasteiger partial charge in [0.1, 0.15) is 0 Å². The van der Waals surface area contributed by atoms with Crippen LogP contribution in [0.5, 0.6) is 0 Å². The molecule has 0 bridgehead atoms. The first kappa shape index (κ1) is 9.80. The van der Waals surface area contributed by atoms with Gasteiger partial charge < -0.3 is 0 Å². The van der Waals surface area contributed by atoms with Gasteiger partial charge in [-0.1, -0.05) is 15.5 Å². The molecule has 0 aromatic carbocycles. The topological polar surface area (TPSA) is 24.4 Å². The van der Waals surface area contributed by atoms with Crippen LogP contribution in [0.3, 0.4) is 0 Å². The van der Waals surface area contributed by atoms with Crippen molar-refractivity contribution in [2.24, 2.45) is 4.99 Å². The normalized spacial score (nSPS) is 16.2. The molecule has 10 heavy (non-hydrogen) atoms. The van der Waals surface area contributed by atoms with Crippen LogP contribution in [0.1, 0.15) is 20.8 Å². The third-order valence-electron chi connectivity index (χ3n) is 1.05. The molecule has 0 aliphatic heterocycles. The van der Waals surface area contributed by atoms with Crippen molar-refractivity contribution in [2.75, 3.05) is 0 Å². The average molecular weight is 158 g/mol. The summed E-state index contributed by atoms with van der Waals surface area (Å²) in [5.74, 6) is 0. The molecule has 0 saturated carbocycles. The third kappa shape index (κ3) is 4.66. The third-order valence-corrected chi connectivity index (χ3v) is 1.53. The Morgan fingerprint density at radius 3 is 2.70 bits per heavy atom. The number of hydrogen-bond acceptors (Lipinski definition) is 2. The Balaban J connectivity index is 3.89. The minimum Gasteiger partial charge on any atom is -0.279 e. The molecule has 2 unspecified atom stereocenters. The largest absolute Gasteiger partial charge is 0.279 e. The molecule has 0 aromatic rings. The zero-order valence-corrected chi connectivity index (χ0v) is 7.91. The first-order valence-electron chi connectivity index (χ1n) is 3.34. The van der Waals surface area contributed by atoms with Crippen molar-refractivity contribution in [1.82, 2.24) is 5.09 Å². The monoisotopic (exact) mass is 158 g/mol. The van der Waals surface area contributed by atoms with Crippen molar-refractivity contribution in [3.8, 4) is 0 Å². The second-order valence-corrected chi connectivity index (χ2v) is 2.45. The van der Waals surface area contributed by atoms with Gasteiger partial charge in [0.15, 0.2) is 0 Å². The van der Waals surface area contributed by atoms with Crippen molar-refractivity contribution in [2.45, 2.75) is 26.9 Å². The zero-order chi connectivity index (χ0) is 7.98. The molecular formula is C7H15N2P. The van der Waals surface area contributed by atoms with Gasteiger partial charge in [-0.3, -0.25) is 10.1 Å². The molecule has 3 heteroatoms. The smallest absolute Gasteiger partial charge is 0.0997 e. The van der Waals surface area contributed by atoms with Crippen molar-refractivity contribution >= 4 is 15.1 Å². The van der Waals surface area contributed by atoms with E-state index in [1.165, 1.54) is 0 Å². The molecule has 0 spiro atoms. The molecule has 0 fully saturated rings. The molecule has 0 radical (unpaired) electrons. The van der Waals surface area contributed by atoms with Gasteiger partial charge in [-0.05, 0) is 26.8 Å². The van der Waals surface area contributed by atoms with Gasteiger partial charge in [0.2, 0.25) is 0 Å². The molecule has 0 heterocycles. The maximum Gasteiger partial charge on any atom is 0.0997 e. The van der Waals surface area contributed by atoms with E-state index in [-0.39, 0.29) is 6.17 Å². The van der Waals surface area contributed by atoms with E-state index in [9.17, 15) is 0 Å². The summed E-state index contributed by atoms with van der Waals surface area (Å²) in [5, 5.41) is 2.95. The standard InChI is InChI=1S/C7H15N2P/c1-4-5-6(2)8-7(3)9-10/h4-5,7,9H,10H2,1-3H3/b5-4-,8-6?. The number of nitrogens with one attached hydrogen (secondary N) is 1. The lowest BCUT2D eigenvalue weighted by Gasteiger charge is -2.02. The van der Waals surface area contributed by atoms with Crippen LogP contribution in [0.25, 0.3) is 0 Å². The van der Waals surface area contributed by atoms with Crippen LogP contribution in [-0.4, -0.2) is 11.9 Å². The fourth-order valence-electron chi connectivity index (χ4n) is 0.627. The van der Waals surface area contributed by atoms with Crippen LogP contribution in [-0.2, 0) is 0 Å². The Hall–Kier alpha value is -0.200. The summed E-state index contributed by atoms with van der Waals surface area (Å²) in [6.07, 6.45) is 4.15. The van der Waals surface area contributed by atoms with E-state index < -0.39 is 0 Å². The zero-order valence-electron chi connectivity index (χ0n) is 6.76. The van der Waals surface area contributed by atoms with Crippen LogP contribution in [0.15, 0.2) is 17.1 Å².